The molecule has 0 fully saturated rings. The average molecular weight is 281 g/mol. The lowest BCUT2D eigenvalue weighted by Gasteiger charge is -2.09. The fraction of sp³-hybridized carbons (Fsp3) is 0.444. The van der Waals surface area contributed by atoms with Crippen molar-refractivity contribution in [3.8, 4) is 0 Å². The molecule has 0 aliphatic rings. The van der Waals surface area contributed by atoms with Gasteiger partial charge in [-0.1, -0.05) is 0 Å². The van der Waals surface area contributed by atoms with Crippen LogP contribution >= 0.6 is 10.7 Å². The number of hydrogen-bond acceptors (Lipinski definition) is 4. The Labute approximate surface area is 104 Å². The molecular formula is C9H13ClN2O4S. The summed E-state index contributed by atoms with van der Waals surface area (Å²) >= 11 is 0. The second-order valence-electron chi connectivity index (χ2n) is 3.44. The van der Waals surface area contributed by atoms with Crippen LogP contribution < -0.4 is 5.32 Å². The van der Waals surface area contributed by atoms with E-state index < -0.39 is 15.0 Å². The smallest absolute Gasteiger partial charge is 0.267 e. The molecular weight excluding hydrogens is 268 g/mol. The summed E-state index contributed by atoms with van der Waals surface area (Å²) in [4.78, 5) is 14.0. The maximum atomic E-state index is 11.6. The van der Waals surface area contributed by atoms with E-state index in [0.29, 0.717) is 6.54 Å². The van der Waals surface area contributed by atoms with Gasteiger partial charge in [-0.05, 0) is 13.0 Å². The highest BCUT2D eigenvalue weighted by molar-refractivity contribution is 8.13. The Balaban J connectivity index is 2.68. The van der Waals surface area contributed by atoms with E-state index in [1.165, 1.54) is 13.2 Å². The average Bonchev–Trinajstić information content (AvgIpc) is 2.74. The normalized spacial score (nSPS) is 13.4. The third kappa shape index (κ3) is 4.03. The van der Waals surface area contributed by atoms with Crippen LogP contribution in [0.25, 0.3) is 0 Å². The number of rotatable bonds is 5. The maximum absolute atomic E-state index is 11.6. The van der Waals surface area contributed by atoms with Gasteiger partial charge in [-0.15, -0.1) is 0 Å². The molecule has 0 spiro atoms. The van der Waals surface area contributed by atoms with Crippen molar-refractivity contribution < 1.29 is 17.9 Å². The molecule has 1 rings (SSSR count). The molecule has 0 aliphatic heterocycles. The first-order chi connectivity index (χ1) is 7.84. The highest BCUT2D eigenvalue weighted by Gasteiger charge is 2.16. The molecule has 96 valence electrons. The minimum Gasteiger partial charge on any atom is -0.380 e. The van der Waals surface area contributed by atoms with Gasteiger partial charge in [0.05, 0.1) is 6.10 Å². The molecule has 0 aromatic carbocycles. The predicted octanol–water partition coefficient (Wildman–Crippen LogP) is 0.707. The SMILES string of the molecule is COC(C)CNC(=O)c1cc(S(=O)(=O)Cl)c[nH]1. The Morgan fingerprint density at radius 3 is 2.76 bits per heavy atom. The number of carbonyl (C=O) groups is 1. The molecule has 1 heterocycles. The van der Waals surface area contributed by atoms with Gasteiger partial charge in [-0.2, -0.15) is 0 Å². The third-order valence-corrected chi connectivity index (χ3v) is 3.47. The maximum Gasteiger partial charge on any atom is 0.267 e. The number of aromatic amines is 1. The van der Waals surface area contributed by atoms with Gasteiger partial charge in [0, 0.05) is 30.5 Å². The molecule has 1 unspecified atom stereocenters. The molecule has 1 amide bonds. The highest BCUT2D eigenvalue weighted by Crippen LogP contribution is 2.15. The lowest BCUT2D eigenvalue weighted by Crippen LogP contribution is -2.31. The van der Waals surface area contributed by atoms with E-state index in [9.17, 15) is 13.2 Å². The van der Waals surface area contributed by atoms with Crippen LogP contribution in [0.2, 0.25) is 0 Å². The van der Waals surface area contributed by atoms with Crippen LogP contribution in [0.5, 0.6) is 0 Å². The molecule has 0 saturated heterocycles. The van der Waals surface area contributed by atoms with Crippen LogP contribution in [-0.2, 0) is 13.8 Å². The lowest BCUT2D eigenvalue weighted by atomic mass is 10.3. The van der Waals surface area contributed by atoms with E-state index in [4.69, 9.17) is 15.4 Å². The number of hydrogen-bond donors (Lipinski definition) is 2. The van der Waals surface area contributed by atoms with Crippen molar-refractivity contribution in [3.05, 3.63) is 18.0 Å². The van der Waals surface area contributed by atoms with Crippen LogP contribution in [0.1, 0.15) is 17.4 Å². The minimum atomic E-state index is -3.82. The summed E-state index contributed by atoms with van der Waals surface area (Å²) in [6, 6.07) is 1.18. The second-order valence-corrected chi connectivity index (χ2v) is 6.01. The molecule has 1 aromatic rings. The molecule has 0 radical (unpaired) electrons. The molecule has 0 bridgehead atoms. The van der Waals surface area contributed by atoms with Gasteiger partial charge >= 0.3 is 0 Å². The van der Waals surface area contributed by atoms with Crippen molar-refractivity contribution in [2.45, 2.75) is 17.9 Å². The van der Waals surface area contributed by atoms with Gasteiger partial charge in [0.1, 0.15) is 10.6 Å². The van der Waals surface area contributed by atoms with E-state index in [1.807, 2.05) is 0 Å². The first-order valence-corrected chi connectivity index (χ1v) is 7.09. The third-order valence-electron chi connectivity index (χ3n) is 2.14. The van der Waals surface area contributed by atoms with Gasteiger partial charge in [-0.3, -0.25) is 4.79 Å². The van der Waals surface area contributed by atoms with Crippen molar-refractivity contribution in [2.75, 3.05) is 13.7 Å². The first-order valence-electron chi connectivity index (χ1n) is 4.78. The van der Waals surface area contributed by atoms with E-state index in [0.717, 1.165) is 6.20 Å². The summed E-state index contributed by atoms with van der Waals surface area (Å²) in [5, 5.41) is 2.58. The largest absolute Gasteiger partial charge is 0.380 e. The number of ether oxygens (including phenoxy) is 1. The van der Waals surface area contributed by atoms with Crippen molar-refractivity contribution >= 4 is 25.6 Å². The molecule has 1 atom stereocenters. The highest BCUT2D eigenvalue weighted by atomic mass is 35.7. The minimum absolute atomic E-state index is 0.120. The van der Waals surface area contributed by atoms with E-state index in [-0.39, 0.29) is 16.7 Å². The molecule has 6 nitrogen and oxygen atoms in total. The Bertz CT molecular complexity index is 497. The molecule has 8 heteroatoms. The summed E-state index contributed by atoms with van der Waals surface area (Å²) in [5.41, 5.74) is 0.132. The zero-order valence-corrected chi connectivity index (χ0v) is 10.9. The topological polar surface area (TPSA) is 88.3 Å². The standard InChI is InChI=1S/C9H13ClN2O4S/c1-6(16-2)4-12-9(13)8-3-7(5-11-8)17(10,14)15/h3,5-6,11H,4H2,1-2H3,(H,12,13). The van der Waals surface area contributed by atoms with Gasteiger partial charge in [0.15, 0.2) is 0 Å². The van der Waals surface area contributed by atoms with Crippen LogP contribution in [0, 0.1) is 0 Å². The van der Waals surface area contributed by atoms with Crippen molar-refractivity contribution in [3.63, 3.8) is 0 Å². The quantitative estimate of drug-likeness (QED) is 0.778. The Kier molecular flexibility index (Phi) is 4.55. The first kappa shape index (κ1) is 14.0. The summed E-state index contributed by atoms with van der Waals surface area (Å²) < 4.78 is 26.9. The molecule has 2 N–H and O–H groups in total. The Morgan fingerprint density at radius 1 is 1.65 bits per heavy atom. The summed E-state index contributed by atoms with van der Waals surface area (Å²) in [5.74, 6) is -0.416. The molecule has 17 heavy (non-hydrogen) atoms. The van der Waals surface area contributed by atoms with E-state index in [2.05, 4.69) is 10.3 Å². The summed E-state index contributed by atoms with van der Waals surface area (Å²) in [6.45, 7) is 2.13. The number of aromatic nitrogens is 1. The van der Waals surface area contributed by atoms with Crippen molar-refractivity contribution in [2.24, 2.45) is 0 Å². The van der Waals surface area contributed by atoms with Gasteiger partial charge in [0.2, 0.25) is 0 Å². The van der Waals surface area contributed by atoms with E-state index >= 15 is 0 Å². The fourth-order valence-corrected chi connectivity index (χ4v) is 1.79. The molecule has 0 aliphatic carbocycles. The number of halogens is 1. The second kappa shape index (κ2) is 5.52. The number of carbonyl (C=O) groups excluding carboxylic acids is 1. The lowest BCUT2D eigenvalue weighted by molar-refractivity contribution is 0.0866. The number of H-pyrrole nitrogens is 1. The summed E-state index contributed by atoms with van der Waals surface area (Å²) in [6.07, 6.45) is 1.04. The monoisotopic (exact) mass is 280 g/mol. The summed E-state index contributed by atoms with van der Waals surface area (Å²) in [7, 11) is 2.84. The van der Waals surface area contributed by atoms with Crippen molar-refractivity contribution in [1.29, 1.82) is 0 Å². The fourth-order valence-electron chi connectivity index (χ4n) is 1.06. The van der Waals surface area contributed by atoms with Crippen LogP contribution in [0.4, 0.5) is 0 Å². The zero-order valence-electron chi connectivity index (χ0n) is 9.36. The molecule has 0 saturated carbocycles. The van der Waals surface area contributed by atoms with Crippen LogP contribution in [0.3, 0.4) is 0 Å². The van der Waals surface area contributed by atoms with Gasteiger partial charge < -0.3 is 15.0 Å². The Morgan fingerprint density at radius 2 is 2.29 bits per heavy atom. The van der Waals surface area contributed by atoms with Crippen molar-refractivity contribution in [1.82, 2.24) is 10.3 Å². The van der Waals surface area contributed by atoms with Gasteiger partial charge in [0.25, 0.3) is 15.0 Å². The predicted molar refractivity (Wildman–Crippen MR) is 62.6 cm³/mol. The van der Waals surface area contributed by atoms with Crippen LogP contribution in [-0.4, -0.2) is 39.1 Å². The zero-order chi connectivity index (χ0) is 13.1. The number of amides is 1. The van der Waals surface area contributed by atoms with Gasteiger partial charge in [-0.25, -0.2) is 8.42 Å². The number of methoxy groups -OCH3 is 1. The van der Waals surface area contributed by atoms with E-state index in [1.54, 1.807) is 6.92 Å². The van der Waals surface area contributed by atoms with Crippen LogP contribution in [0.15, 0.2) is 17.2 Å². The molecule has 1 aromatic heterocycles. The number of nitrogens with one attached hydrogen (secondary N) is 2. The Hall–Kier alpha value is -1.05.